The fourth-order valence-corrected chi connectivity index (χ4v) is 1.30. The summed E-state index contributed by atoms with van der Waals surface area (Å²) in [5.41, 5.74) is 1.65. The molecular weight excluding hydrogens is 174 g/mol. The van der Waals surface area contributed by atoms with E-state index in [1.54, 1.807) is 13.8 Å². The van der Waals surface area contributed by atoms with Crippen LogP contribution in [0, 0.1) is 25.5 Å². The van der Waals surface area contributed by atoms with Gasteiger partial charge in [-0.2, -0.15) is 0 Å². The third kappa shape index (κ3) is 1.09. The van der Waals surface area contributed by atoms with E-state index in [1.165, 1.54) is 10.6 Å². The summed E-state index contributed by atoms with van der Waals surface area (Å²) in [4.78, 5) is 3.97. The van der Waals surface area contributed by atoms with Crippen molar-refractivity contribution in [2.75, 3.05) is 0 Å². The number of pyridine rings is 1. The van der Waals surface area contributed by atoms with Crippen molar-refractivity contribution in [1.29, 1.82) is 0 Å². The standard InChI is InChI=1S/C9H8F2N2/c1-5-6(2)13-4-7(10)3-8(11)9(13)12-5/h3-4H,1-2H3. The SMILES string of the molecule is Cc1nc2c(F)cc(F)cn2c1C. The molecule has 0 fully saturated rings. The van der Waals surface area contributed by atoms with Crippen molar-refractivity contribution < 1.29 is 8.78 Å². The minimum absolute atomic E-state index is 0.177. The minimum atomic E-state index is -0.629. The molecule has 2 aromatic heterocycles. The molecule has 0 aliphatic rings. The van der Waals surface area contributed by atoms with Gasteiger partial charge in [0.1, 0.15) is 5.82 Å². The molecule has 2 rings (SSSR count). The van der Waals surface area contributed by atoms with Gasteiger partial charge in [0, 0.05) is 18.0 Å². The Labute approximate surface area is 73.8 Å². The van der Waals surface area contributed by atoms with Gasteiger partial charge in [-0.25, -0.2) is 13.8 Å². The van der Waals surface area contributed by atoms with Crippen LogP contribution in [-0.2, 0) is 0 Å². The van der Waals surface area contributed by atoms with Gasteiger partial charge < -0.3 is 0 Å². The second kappa shape index (κ2) is 2.52. The van der Waals surface area contributed by atoms with Gasteiger partial charge in [0.05, 0.1) is 5.69 Å². The molecule has 0 saturated heterocycles. The van der Waals surface area contributed by atoms with E-state index < -0.39 is 11.6 Å². The normalized spacial score (nSPS) is 11.1. The largest absolute Gasteiger partial charge is 0.299 e. The molecular formula is C9H8F2N2. The van der Waals surface area contributed by atoms with Gasteiger partial charge in [-0.1, -0.05) is 0 Å². The number of fused-ring (bicyclic) bond motifs is 1. The lowest BCUT2D eigenvalue weighted by molar-refractivity contribution is 0.576. The summed E-state index contributed by atoms with van der Waals surface area (Å²) in [5.74, 6) is -1.22. The summed E-state index contributed by atoms with van der Waals surface area (Å²) in [7, 11) is 0. The van der Waals surface area contributed by atoms with Crippen molar-refractivity contribution in [2.45, 2.75) is 13.8 Å². The highest BCUT2D eigenvalue weighted by Crippen LogP contribution is 2.15. The van der Waals surface area contributed by atoms with Gasteiger partial charge in [-0.05, 0) is 13.8 Å². The van der Waals surface area contributed by atoms with Crippen LogP contribution in [-0.4, -0.2) is 9.38 Å². The van der Waals surface area contributed by atoms with Crippen molar-refractivity contribution in [2.24, 2.45) is 0 Å². The van der Waals surface area contributed by atoms with Crippen molar-refractivity contribution in [3.63, 3.8) is 0 Å². The highest BCUT2D eigenvalue weighted by molar-refractivity contribution is 5.44. The Hall–Kier alpha value is -1.45. The maximum Gasteiger partial charge on any atom is 0.173 e. The molecule has 0 amide bonds. The van der Waals surface area contributed by atoms with Gasteiger partial charge in [0.25, 0.3) is 0 Å². The van der Waals surface area contributed by atoms with Crippen LogP contribution in [0.15, 0.2) is 12.3 Å². The molecule has 2 heterocycles. The van der Waals surface area contributed by atoms with Crippen molar-refractivity contribution in [3.8, 4) is 0 Å². The number of nitrogens with zero attached hydrogens (tertiary/aromatic N) is 2. The summed E-state index contributed by atoms with van der Waals surface area (Å²) in [5, 5.41) is 0. The van der Waals surface area contributed by atoms with Crippen LogP contribution in [0.2, 0.25) is 0 Å². The molecule has 0 aliphatic carbocycles. The number of imidazole rings is 1. The number of hydrogen-bond donors (Lipinski definition) is 0. The third-order valence-corrected chi connectivity index (χ3v) is 2.12. The Morgan fingerprint density at radius 2 is 2.00 bits per heavy atom. The predicted octanol–water partition coefficient (Wildman–Crippen LogP) is 2.23. The fourth-order valence-electron chi connectivity index (χ4n) is 1.30. The van der Waals surface area contributed by atoms with E-state index >= 15 is 0 Å². The molecule has 0 bridgehead atoms. The first-order valence-corrected chi connectivity index (χ1v) is 3.90. The predicted molar refractivity (Wildman–Crippen MR) is 44.6 cm³/mol. The molecule has 4 heteroatoms. The quantitative estimate of drug-likeness (QED) is 0.610. The van der Waals surface area contributed by atoms with Crippen LogP contribution in [0.3, 0.4) is 0 Å². The monoisotopic (exact) mass is 182 g/mol. The average molecular weight is 182 g/mol. The molecule has 0 spiro atoms. The zero-order chi connectivity index (χ0) is 9.59. The van der Waals surface area contributed by atoms with Crippen LogP contribution >= 0.6 is 0 Å². The second-order valence-electron chi connectivity index (χ2n) is 2.98. The van der Waals surface area contributed by atoms with E-state index in [0.29, 0.717) is 5.69 Å². The van der Waals surface area contributed by atoms with E-state index in [2.05, 4.69) is 4.98 Å². The lowest BCUT2D eigenvalue weighted by Gasteiger charge is -1.97. The smallest absolute Gasteiger partial charge is 0.173 e. The highest BCUT2D eigenvalue weighted by Gasteiger charge is 2.09. The fraction of sp³-hybridized carbons (Fsp3) is 0.222. The van der Waals surface area contributed by atoms with Gasteiger partial charge in [0.2, 0.25) is 0 Å². The summed E-state index contributed by atoms with van der Waals surface area (Å²) < 4.78 is 27.3. The van der Waals surface area contributed by atoms with Crippen LogP contribution < -0.4 is 0 Å². The van der Waals surface area contributed by atoms with E-state index in [0.717, 1.165) is 11.8 Å². The van der Waals surface area contributed by atoms with Gasteiger partial charge in [-0.15, -0.1) is 0 Å². The number of aryl methyl sites for hydroxylation is 2. The van der Waals surface area contributed by atoms with Gasteiger partial charge in [0.15, 0.2) is 11.5 Å². The van der Waals surface area contributed by atoms with E-state index in [9.17, 15) is 8.78 Å². The maximum absolute atomic E-state index is 13.1. The summed E-state index contributed by atoms with van der Waals surface area (Å²) in [6.45, 7) is 3.54. The minimum Gasteiger partial charge on any atom is -0.299 e. The summed E-state index contributed by atoms with van der Waals surface area (Å²) >= 11 is 0. The van der Waals surface area contributed by atoms with Crippen LogP contribution in [0.4, 0.5) is 8.78 Å². The Balaban J connectivity index is 2.94. The number of halogens is 2. The molecule has 2 aromatic rings. The zero-order valence-corrected chi connectivity index (χ0v) is 7.31. The van der Waals surface area contributed by atoms with Crippen LogP contribution in [0.1, 0.15) is 11.4 Å². The molecule has 2 nitrogen and oxygen atoms in total. The van der Waals surface area contributed by atoms with E-state index in [1.807, 2.05) is 0 Å². The van der Waals surface area contributed by atoms with Crippen LogP contribution in [0.25, 0.3) is 5.65 Å². The second-order valence-corrected chi connectivity index (χ2v) is 2.98. The molecule has 0 unspecified atom stereocenters. The van der Waals surface area contributed by atoms with Crippen LogP contribution in [0.5, 0.6) is 0 Å². The number of rotatable bonds is 0. The van der Waals surface area contributed by atoms with Crippen molar-refractivity contribution in [1.82, 2.24) is 9.38 Å². The molecule has 68 valence electrons. The molecule has 0 aliphatic heterocycles. The topological polar surface area (TPSA) is 17.3 Å². The molecule has 0 saturated carbocycles. The first-order valence-electron chi connectivity index (χ1n) is 3.90. The van der Waals surface area contributed by atoms with E-state index in [-0.39, 0.29) is 5.65 Å². The Morgan fingerprint density at radius 1 is 1.31 bits per heavy atom. The molecule has 0 radical (unpaired) electrons. The lowest BCUT2D eigenvalue weighted by Crippen LogP contribution is -1.92. The molecule has 13 heavy (non-hydrogen) atoms. The molecule has 0 atom stereocenters. The van der Waals surface area contributed by atoms with E-state index in [4.69, 9.17) is 0 Å². The van der Waals surface area contributed by atoms with Crippen molar-refractivity contribution in [3.05, 3.63) is 35.3 Å². The Kier molecular flexibility index (Phi) is 1.58. The Morgan fingerprint density at radius 3 is 2.69 bits per heavy atom. The van der Waals surface area contributed by atoms with Gasteiger partial charge >= 0.3 is 0 Å². The van der Waals surface area contributed by atoms with Gasteiger partial charge in [-0.3, -0.25) is 4.40 Å². The lowest BCUT2D eigenvalue weighted by atomic mass is 10.4. The maximum atomic E-state index is 13.1. The van der Waals surface area contributed by atoms with Crippen molar-refractivity contribution >= 4 is 5.65 Å². The zero-order valence-electron chi connectivity index (χ0n) is 7.31. The third-order valence-electron chi connectivity index (χ3n) is 2.12. The molecule has 0 aromatic carbocycles. The number of aromatic nitrogens is 2. The highest BCUT2D eigenvalue weighted by atomic mass is 19.1. The average Bonchev–Trinajstić information content (AvgIpc) is 2.32. The first kappa shape index (κ1) is 8.16. The Bertz CT molecular complexity index is 474. The number of hydrogen-bond acceptors (Lipinski definition) is 1. The first-order chi connectivity index (χ1) is 6.09. The summed E-state index contributed by atoms with van der Waals surface area (Å²) in [6.07, 6.45) is 1.23. The summed E-state index contributed by atoms with van der Waals surface area (Å²) in [6, 6.07) is 0.835. The molecule has 0 N–H and O–H groups in total.